The Kier molecular flexibility index (Phi) is 2.56. The van der Waals surface area contributed by atoms with E-state index in [0.717, 1.165) is 16.5 Å². The first kappa shape index (κ1) is 9.93. The van der Waals surface area contributed by atoms with Gasteiger partial charge in [0.05, 0.1) is 11.9 Å². The molecular weight excluding hydrogens is 214 g/mol. The lowest BCUT2D eigenvalue weighted by atomic mass is 10.1. The van der Waals surface area contributed by atoms with Crippen LogP contribution in [0.4, 0.5) is 0 Å². The molecule has 0 spiro atoms. The molecule has 3 nitrogen and oxygen atoms in total. The normalized spacial score (nSPS) is 10.5. The summed E-state index contributed by atoms with van der Waals surface area (Å²) in [6.45, 7) is 0. The van der Waals surface area contributed by atoms with Crippen LogP contribution in [0.1, 0.15) is 5.56 Å². The van der Waals surface area contributed by atoms with E-state index >= 15 is 0 Å². The lowest BCUT2D eigenvalue weighted by molar-refractivity contribution is -0.136. The van der Waals surface area contributed by atoms with Gasteiger partial charge < -0.3 is 5.11 Å². The van der Waals surface area contributed by atoms with Crippen LogP contribution in [0, 0.1) is 0 Å². The number of pyridine rings is 1. The number of carboxylic acid groups (broad SMARTS) is 1. The van der Waals surface area contributed by atoms with Crippen LogP contribution in [-0.2, 0) is 11.2 Å². The van der Waals surface area contributed by atoms with Gasteiger partial charge >= 0.3 is 5.97 Å². The number of nitrogens with zero attached hydrogens (tertiary/aromatic N) is 1. The van der Waals surface area contributed by atoms with Crippen LogP contribution in [0.2, 0.25) is 5.15 Å². The van der Waals surface area contributed by atoms with Crippen LogP contribution in [0.25, 0.3) is 10.9 Å². The second-order valence-corrected chi connectivity index (χ2v) is 3.58. The minimum atomic E-state index is -0.850. The topological polar surface area (TPSA) is 50.2 Å². The van der Waals surface area contributed by atoms with Gasteiger partial charge in [-0.05, 0) is 23.8 Å². The molecule has 0 radical (unpaired) electrons. The number of hydrogen-bond donors (Lipinski definition) is 1. The maximum atomic E-state index is 10.6. The Hall–Kier alpha value is -1.61. The lowest BCUT2D eigenvalue weighted by Gasteiger charge is -2.03. The fraction of sp³-hybridized carbons (Fsp3) is 0.0909. The van der Waals surface area contributed by atoms with Gasteiger partial charge in [0, 0.05) is 5.39 Å². The van der Waals surface area contributed by atoms with Gasteiger partial charge in [-0.2, -0.15) is 0 Å². The summed E-state index contributed by atoms with van der Waals surface area (Å²) >= 11 is 5.75. The summed E-state index contributed by atoms with van der Waals surface area (Å²) in [5, 5.41) is 9.98. The maximum absolute atomic E-state index is 10.6. The molecule has 2 rings (SSSR count). The third kappa shape index (κ3) is 2.07. The van der Waals surface area contributed by atoms with E-state index in [9.17, 15) is 4.79 Å². The molecular formula is C11H8ClNO2. The number of carbonyl (C=O) groups is 1. The molecule has 76 valence electrons. The average Bonchev–Trinajstić information content (AvgIpc) is 2.16. The summed E-state index contributed by atoms with van der Waals surface area (Å²) in [4.78, 5) is 14.7. The highest BCUT2D eigenvalue weighted by Crippen LogP contribution is 2.19. The van der Waals surface area contributed by atoms with Gasteiger partial charge in [0.1, 0.15) is 5.15 Å². The number of hydrogen-bond acceptors (Lipinski definition) is 2. The Balaban J connectivity index is 2.60. The van der Waals surface area contributed by atoms with Crippen molar-refractivity contribution in [2.45, 2.75) is 6.42 Å². The monoisotopic (exact) mass is 221 g/mol. The SMILES string of the molecule is O=C(O)Cc1cccc2nc(Cl)ccc12. The smallest absolute Gasteiger partial charge is 0.307 e. The molecule has 4 heteroatoms. The molecule has 1 aromatic heterocycles. The van der Waals surface area contributed by atoms with E-state index in [0.29, 0.717) is 5.15 Å². The number of rotatable bonds is 2. The van der Waals surface area contributed by atoms with Crippen molar-refractivity contribution in [1.82, 2.24) is 4.98 Å². The van der Waals surface area contributed by atoms with E-state index in [1.165, 1.54) is 0 Å². The zero-order chi connectivity index (χ0) is 10.8. The molecule has 1 N–H and O–H groups in total. The highest BCUT2D eigenvalue weighted by Gasteiger charge is 2.05. The van der Waals surface area contributed by atoms with Crippen LogP contribution in [0.3, 0.4) is 0 Å². The van der Waals surface area contributed by atoms with E-state index in [1.807, 2.05) is 6.07 Å². The highest BCUT2D eigenvalue weighted by molar-refractivity contribution is 6.29. The molecule has 1 aromatic carbocycles. The molecule has 15 heavy (non-hydrogen) atoms. The Morgan fingerprint density at radius 2 is 2.13 bits per heavy atom. The fourth-order valence-electron chi connectivity index (χ4n) is 1.51. The predicted octanol–water partition coefficient (Wildman–Crippen LogP) is 2.52. The van der Waals surface area contributed by atoms with Crippen molar-refractivity contribution >= 4 is 28.5 Å². The molecule has 0 aliphatic heterocycles. The first-order valence-electron chi connectivity index (χ1n) is 4.43. The van der Waals surface area contributed by atoms with E-state index in [4.69, 9.17) is 16.7 Å². The van der Waals surface area contributed by atoms with Gasteiger partial charge in [-0.1, -0.05) is 23.7 Å². The third-order valence-corrected chi connectivity index (χ3v) is 2.34. The molecule has 1 heterocycles. The molecule has 2 aromatic rings. The van der Waals surface area contributed by atoms with E-state index in [-0.39, 0.29) is 6.42 Å². The molecule has 0 amide bonds. The van der Waals surface area contributed by atoms with Crippen LogP contribution >= 0.6 is 11.6 Å². The standard InChI is InChI=1S/C11H8ClNO2/c12-10-5-4-8-7(6-11(14)15)2-1-3-9(8)13-10/h1-5H,6H2,(H,14,15). The van der Waals surface area contributed by atoms with Gasteiger partial charge in [-0.15, -0.1) is 0 Å². The first-order chi connectivity index (χ1) is 7.16. The summed E-state index contributed by atoms with van der Waals surface area (Å²) in [6.07, 6.45) is 0.000647. The van der Waals surface area contributed by atoms with Crippen molar-refractivity contribution < 1.29 is 9.90 Å². The minimum absolute atomic E-state index is 0.000647. The summed E-state index contributed by atoms with van der Waals surface area (Å²) in [6, 6.07) is 8.83. The van der Waals surface area contributed by atoms with Crippen molar-refractivity contribution in [1.29, 1.82) is 0 Å². The van der Waals surface area contributed by atoms with Crippen LogP contribution in [-0.4, -0.2) is 16.1 Å². The number of aliphatic carboxylic acids is 1. The van der Waals surface area contributed by atoms with E-state index < -0.39 is 5.97 Å². The molecule has 0 unspecified atom stereocenters. The molecule has 0 atom stereocenters. The number of aromatic nitrogens is 1. The van der Waals surface area contributed by atoms with E-state index in [2.05, 4.69) is 4.98 Å². The largest absolute Gasteiger partial charge is 0.481 e. The Morgan fingerprint density at radius 3 is 2.87 bits per heavy atom. The average molecular weight is 222 g/mol. The first-order valence-corrected chi connectivity index (χ1v) is 4.80. The highest BCUT2D eigenvalue weighted by atomic mass is 35.5. The Morgan fingerprint density at radius 1 is 1.33 bits per heavy atom. The van der Waals surface area contributed by atoms with Gasteiger partial charge in [0.25, 0.3) is 0 Å². The summed E-state index contributed by atoms with van der Waals surface area (Å²) in [5.74, 6) is -0.850. The Bertz CT molecular complexity index is 525. The summed E-state index contributed by atoms with van der Waals surface area (Å²) in [5.41, 5.74) is 1.48. The molecule has 0 bridgehead atoms. The van der Waals surface area contributed by atoms with Crippen molar-refractivity contribution in [3.8, 4) is 0 Å². The predicted molar refractivity (Wildman–Crippen MR) is 58.1 cm³/mol. The van der Waals surface area contributed by atoms with Crippen LogP contribution < -0.4 is 0 Å². The molecule has 0 saturated carbocycles. The van der Waals surface area contributed by atoms with Crippen molar-refractivity contribution in [2.24, 2.45) is 0 Å². The Labute approximate surface area is 91.3 Å². The summed E-state index contributed by atoms with van der Waals surface area (Å²) < 4.78 is 0. The molecule has 0 saturated heterocycles. The van der Waals surface area contributed by atoms with E-state index in [1.54, 1.807) is 24.3 Å². The van der Waals surface area contributed by atoms with Crippen molar-refractivity contribution in [3.63, 3.8) is 0 Å². The second-order valence-electron chi connectivity index (χ2n) is 3.19. The third-order valence-electron chi connectivity index (χ3n) is 2.13. The number of halogens is 1. The minimum Gasteiger partial charge on any atom is -0.481 e. The van der Waals surface area contributed by atoms with Crippen LogP contribution in [0.15, 0.2) is 30.3 Å². The lowest BCUT2D eigenvalue weighted by Crippen LogP contribution is -2.00. The van der Waals surface area contributed by atoms with Gasteiger partial charge in [-0.3, -0.25) is 4.79 Å². The van der Waals surface area contributed by atoms with Gasteiger partial charge in [0.15, 0.2) is 0 Å². The quantitative estimate of drug-likeness (QED) is 0.793. The fourth-order valence-corrected chi connectivity index (χ4v) is 1.66. The molecule has 0 fully saturated rings. The molecule has 0 aliphatic carbocycles. The van der Waals surface area contributed by atoms with Crippen molar-refractivity contribution in [3.05, 3.63) is 41.0 Å². The van der Waals surface area contributed by atoms with Crippen LogP contribution in [0.5, 0.6) is 0 Å². The number of benzene rings is 1. The van der Waals surface area contributed by atoms with Gasteiger partial charge in [0.2, 0.25) is 0 Å². The van der Waals surface area contributed by atoms with Gasteiger partial charge in [-0.25, -0.2) is 4.98 Å². The second kappa shape index (κ2) is 3.87. The number of carboxylic acids is 1. The zero-order valence-electron chi connectivity index (χ0n) is 7.77. The maximum Gasteiger partial charge on any atom is 0.307 e. The van der Waals surface area contributed by atoms with Crippen molar-refractivity contribution in [2.75, 3.05) is 0 Å². The summed E-state index contributed by atoms with van der Waals surface area (Å²) in [7, 11) is 0. The molecule has 0 aliphatic rings. The number of fused-ring (bicyclic) bond motifs is 1. The zero-order valence-corrected chi connectivity index (χ0v) is 8.53.